The Morgan fingerprint density at radius 3 is 1.85 bits per heavy atom. The molecule has 3 aromatic carbocycles. The Kier molecular flexibility index (Phi) is 8.78. The van der Waals surface area contributed by atoms with E-state index in [4.69, 9.17) is 14.2 Å². The van der Waals surface area contributed by atoms with E-state index in [1.54, 1.807) is 25.1 Å². The van der Waals surface area contributed by atoms with Crippen LogP contribution in [0.5, 0.6) is 11.5 Å². The summed E-state index contributed by atoms with van der Waals surface area (Å²) < 4.78 is 15.8. The minimum Gasteiger partial charge on any atom is -0.497 e. The lowest BCUT2D eigenvalue weighted by Crippen LogP contribution is -2.30. The van der Waals surface area contributed by atoms with Crippen LogP contribution < -0.4 is 14.8 Å². The number of ether oxygens (including phenoxy) is 3. The van der Waals surface area contributed by atoms with E-state index in [9.17, 15) is 9.59 Å². The van der Waals surface area contributed by atoms with Gasteiger partial charge < -0.3 is 19.5 Å². The Balaban J connectivity index is 1.59. The summed E-state index contributed by atoms with van der Waals surface area (Å²) in [5, 5.41) is 2.71. The van der Waals surface area contributed by atoms with Gasteiger partial charge in [-0.2, -0.15) is 0 Å². The molecule has 7 heteroatoms. The molecule has 1 N–H and O–H groups in total. The van der Waals surface area contributed by atoms with Crippen molar-refractivity contribution in [1.82, 2.24) is 0 Å². The van der Waals surface area contributed by atoms with Crippen LogP contribution in [0.15, 0.2) is 78.9 Å². The first-order valence-electron chi connectivity index (χ1n) is 10.4. The fourth-order valence-electron chi connectivity index (χ4n) is 3.20. The molecule has 3 aromatic rings. The SMILES string of the molecule is COc1cc(NC(=O)C(C)OC(=O)CSC(c2ccccc2)c2ccccc2)cc(OC)c1. The van der Waals surface area contributed by atoms with Crippen LogP contribution in [0.4, 0.5) is 5.69 Å². The molecule has 0 heterocycles. The Morgan fingerprint density at radius 2 is 1.36 bits per heavy atom. The standard InChI is InChI=1S/C26H27NO5S/c1-18(26(29)27-21-14-22(30-2)16-23(15-21)31-3)32-24(28)17-33-25(19-10-6-4-7-11-19)20-12-8-5-9-13-20/h4-16,18,25H,17H2,1-3H3,(H,27,29). The van der Waals surface area contributed by atoms with Crippen molar-refractivity contribution in [2.75, 3.05) is 25.3 Å². The Hall–Kier alpha value is -3.45. The maximum atomic E-state index is 12.6. The molecule has 1 atom stereocenters. The lowest BCUT2D eigenvalue weighted by atomic mass is 10.0. The van der Waals surface area contributed by atoms with Gasteiger partial charge in [0.2, 0.25) is 0 Å². The van der Waals surface area contributed by atoms with Crippen LogP contribution in [0.3, 0.4) is 0 Å². The Bertz CT molecular complexity index is 997. The second-order valence-electron chi connectivity index (χ2n) is 7.24. The molecule has 0 spiro atoms. The molecular formula is C26H27NO5S. The zero-order valence-electron chi connectivity index (χ0n) is 18.8. The lowest BCUT2D eigenvalue weighted by Gasteiger charge is -2.18. The number of anilines is 1. The highest BCUT2D eigenvalue weighted by atomic mass is 32.2. The largest absolute Gasteiger partial charge is 0.497 e. The molecular weight excluding hydrogens is 438 g/mol. The predicted octanol–water partition coefficient (Wildman–Crippen LogP) is 5.10. The first-order chi connectivity index (χ1) is 16.0. The van der Waals surface area contributed by atoms with E-state index < -0.39 is 18.0 Å². The summed E-state index contributed by atoms with van der Waals surface area (Å²) in [5.41, 5.74) is 2.68. The normalized spacial score (nSPS) is 11.5. The van der Waals surface area contributed by atoms with Crippen molar-refractivity contribution in [3.05, 3.63) is 90.0 Å². The minimum atomic E-state index is -0.956. The summed E-state index contributed by atoms with van der Waals surface area (Å²) >= 11 is 1.46. The molecule has 0 aliphatic heterocycles. The van der Waals surface area contributed by atoms with Crippen LogP contribution in [0, 0.1) is 0 Å². The molecule has 0 aromatic heterocycles. The number of thioether (sulfide) groups is 1. The number of hydrogen-bond acceptors (Lipinski definition) is 6. The Labute approximate surface area is 198 Å². The van der Waals surface area contributed by atoms with Crippen LogP contribution >= 0.6 is 11.8 Å². The third-order valence-corrected chi connectivity index (χ3v) is 6.15. The van der Waals surface area contributed by atoms with Gasteiger partial charge in [-0.25, -0.2) is 0 Å². The fraction of sp³-hybridized carbons (Fsp3) is 0.231. The average Bonchev–Trinajstić information content (AvgIpc) is 2.85. The third-order valence-electron chi connectivity index (χ3n) is 4.87. The molecule has 1 unspecified atom stereocenters. The third kappa shape index (κ3) is 7.02. The van der Waals surface area contributed by atoms with E-state index in [1.165, 1.54) is 26.0 Å². The van der Waals surface area contributed by atoms with Crippen LogP contribution in [0.25, 0.3) is 0 Å². The van der Waals surface area contributed by atoms with Crippen molar-refractivity contribution in [3.8, 4) is 11.5 Å². The van der Waals surface area contributed by atoms with Crippen molar-refractivity contribution in [2.45, 2.75) is 18.3 Å². The van der Waals surface area contributed by atoms with Gasteiger partial charge in [0.15, 0.2) is 6.10 Å². The van der Waals surface area contributed by atoms with E-state index >= 15 is 0 Å². The summed E-state index contributed by atoms with van der Waals surface area (Å²) in [6, 6.07) is 25.0. The number of carbonyl (C=O) groups excluding carboxylic acids is 2. The second-order valence-corrected chi connectivity index (χ2v) is 8.33. The first-order valence-corrected chi connectivity index (χ1v) is 11.5. The zero-order chi connectivity index (χ0) is 23.6. The van der Waals surface area contributed by atoms with E-state index in [0.29, 0.717) is 17.2 Å². The molecule has 3 rings (SSSR count). The summed E-state index contributed by atoms with van der Waals surface area (Å²) in [6.07, 6.45) is -0.956. The predicted molar refractivity (Wildman–Crippen MR) is 131 cm³/mol. The summed E-state index contributed by atoms with van der Waals surface area (Å²) in [5.74, 6) is 0.296. The molecule has 1 amide bonds. The van der Waals surface area contributed by atoms with E-state index in [1.807, 2.05) is 60.7 Å². The topological polar surface area (TPSA) is 73.9 Å². The van der Waals surface area contributed by atoms with Gasteiger partial charge in [-0.1, -0.05) is 60.7 Å². The van der Waals surface area contributed by atoms with Gasteiger partial charge in [0, 0.05) is 23.9 Å². The molecule has 0 saturated heterocycles. The number of esters is 1. The maximum absolute atomic E-state index is 12.6. The Morgan fingerprint density at radius 1 is 0.848 bits per heavy atom. The van der Waals surface area contributed by atoms with Crippen molar-refractivity contribution in [2.24, 2.45) is 0 Å². The smallest absolute Gasteiger partial charge is 0.316 e. The molecule has 0 fully saturated rings. The molecule has 0 bridgehead atoms. The first kappa shape index (κ1) is 24.2. The zero-order valence-corrected chi connectivity index (χ0v) is 19.6. The van der Waals surface area contributed by atoms with Gasteiger partial charge in [-0.15, -0.1) is 11.8 Å². The number of benzene rings is 3. The second kappa shape index (κ2) is 12.0. The molecule has 0 radical (unpaired) electrons. The number of methoxy groups -OCH3 is 2. The summed E-state index contributed by atoms with van der Waals surface area (Å²) in [4.78, 5) is 25.1. The highest BCUT2D eigenvalue weighted by Crippen LogP contribution is 2.35. The van der Waals surface area contributed by atoms with Crippen molar-refractivity contribution in [3.63, 3.8) is 0 Å². The van der Waals surface area contributed by atoms with Crippen LogP contribution in [-0.2, 0) is 14.3 Å². The number of hydrogen-bond donors (Lipinski definition) is 1. The molecule has 33 heavy (non-hydrogen) atoms. The van der Waals surface area contributed by atoms with Crippen LogP contribution in [0.2, 0.25) is 0 Å². The summed E-state index contributed by atoms with van der Waals surface area (Å²) in [6.45, 7) is 1.54. The van der Waals surface area contributed by atoms with Gasteiger partial charge in [-0.05, 0) is 18.1 Å². The molecule has 172 valence electrons. The number of rotatable bonds is 10. The summed E-state index contributed by atoms with van der Waals surface area (Å²) in [7, 11) is 3.06. The van der Waals surface area contributed by atoms with Gasteiger partial charge in [0.05, 0.1) is 25.2 Å². The number of amides is 1. The van der Waals surface area contributed by atoms with E-state index in [0.717, 1.165) is 11.1 Å². The van der Waals surface area contributed by atoms with Crippen LogP contribution in [0.1, 0.15) is 23.3 Å². The highest BCUT2D eigenvalue weighted by molar-refractivity contribution is 8.00. The molecule has 0 aliphatic carbocycles. The fourth-order valence-corrected chi connectivity index (χ4v) is 4.27. The number of nitrogens with one attached hydrogen (secondary N) is 1. The molecule has 0 saturated carbocycles. The number of carbonyl (C=O) groups is 2. The highest BCUT2D eigenvalue weighted by Gasteiger charge is 2.21. The molecule has 0 aliphatic rings. The van der Waals surface area contributed by atoms with Crippen LogP contribution in [-0.4, -0.2) is 38.0 Å². The van der Waals surface area contributed by atoms with Crippen molar-refractivity contribution < 1.29 is 23.8 Å². The molecule has 6 nitrogen and oxygen atoms in total. The quantitative estimate of drug-likeness (QED) is 0.420. The van der Waals surface area contributed by atoms with Crippen molar-refractivity contribution in [1.29, 1.82) is 0 Å². The lowest BCUT2D eigenvalue weighted by molar-refractivity contribution is -0.150. The monoisotopic (exact) mass is 465 g/mol. The minimum absolute atomic E-state index is 0.0201. The van der Waals surface area contributed by atoms with Gasteiger partial charge in [0.25, 0.3) is 5.91 Å². The van der Waals surface area contributed by atoms with Crippen molar-refractivity contribution >= 4 is 29.3 Å². The average molecular weight is 466 g/mol. The van der Waals surface area contributed by atoms with Gasteiger partial charge in [-0.3, -0.25) is 9.59 Å². The maximum Gasteiger partial charge on any atom is 0.316 e. The van der Waals surface area contributed by atoms with E-state index in [2.05, 4.69) is 5.32 Å². The van der Waals surface area contributed by atoms with Gasteiger partial charge in [0.1, 0.15) is 11.5 Å². The van der Waals surface area contributed by atoms with E-state index in [-0.39, 0.29) is 11.0 Å². The van der Waals surface area contributed by atoms with Gasteiger partial charge >= 0.3 is 5.97 Å².